The van der Waals surface area contributed by atoms with Crippen molar-refractivity contribution in [2.45, 2.75) is 104 Å². The smallest absolute Gasteiger partial charge is 0.329 e. The molecule has 0 aromatic rings. The molecule has 2 aliphatic heterocycles. The highest BCUT2D eigenvalue weighted by Gasteiger charge is 2.43. The van der Waals surface area contributed by atoms with Gasteiger partial charge in [0.05, 0.1) is 12.1 Å². The van der Waals surface area contributed by atoms with E-state index in [0.29, 0.717) is 36.5 Å². The van der Waals surface area contributed by atoms with Crippen LogP contribution in [0.5, 0.6) is 0 Å². The first-order valence-electron chi connectivity index (χ1n) is 12.6. The zero-order valence-corrected chi connectivity index (χ0v) is 22.3. The number of quaternary nitrogens is 1. The second kappa shape index (κ2) is 10.6. The molecule has 1 saturated carbocycles. The molecule has 194 valence electrons. The average Bonchev–Trinajstić information content (AvgIpc) is 3.06. The minimum absolute atomic E-state index is 0.00232. The molecule has 35 heavy (non-hydrogen) atoms. The van der Waals surface area contributed by atoms with Crippen LogP contribution in [-0.2, 0) is 9.59 Å². The van der Waals surface area contributed by atoms with Gasteiger partial charge in [0.15, 0.2) is 0 Å². The number of carbonyl (C=O) groups is 2. The number of guanidine groups is 1. The molecular formula is C25H43N8O2+. The zero-order valence-electron chi connectivity index (χ0n) is 22.3. The molecule has 3 rings (SSSR count). The van der Waals surface area contributed by atoms with Crippen LogP contribution >= 0.6 is 0 Å². The van der Waals surface area contributed by atoms with Crippen LogP contribution in [-0.4, -0.2) is 71.1 Å². The van der Waals surface area contributed by atoms with E-state index in [4.69, 9.17) is 5.73 Å². The first kappa shape index (κ1) is 27.0. The number of likely N-dealkylation sites (tertiary alicyclic amines) is 1. The van der Waals surface area contributed by atoms with Crippen LogP contribution in [0.15, 0.2) is 26.8 Å². The summed E-state index contributed by atoms with van der Waals surface area (Å²) < 4.78 is 0. The first-order chi connectivity index (χ1) is 16.2. The number of nitrogens with two attached hydrogens (primary N) is 2. The van der Waals surface area contributed by atoms with Gasteiger partial charge < -0.3 is 21.3 Å². The Hall–Kier alpha value is -2.59. The maximum atomic E-state index is 13.4. The fraction of sp³-hybridized carbons (Fsp3) is 0.720. The Kier molecular flexibility index (Phi) is 8.16. The number of hydrogen-bond donors (Lipinski definition) is 4. The van der Waals surface area contributed by atoms with Crippen molar-refractivity contribution in [3.05, 3.63) is 11.8 Å². The molecule has 2 fully saturated rings. The third-order valence-electron chi connectivity index (χ3n) is 6.58. The molecule has 2 heterocycles. The predicted octanol–water partition coefficient (Wildman–Crippen LogP) is 0.650. The quantitative estimate of drug-likeness (QED) is 0.452. The van der Waals surface area contributed by atoms with Crippen LogP contribution < -0.4 is 21.7 Å². The summed E-state index contributed by atoms with van der Waals surface area (Å²) in [6, 6.07) is -0.292. The Balaban J connectivity index is 1.68. The fourth-order valence-corrected chi connectivity index (χ4v) is 4.87. The monoisotopic (exact) mass is 487 g/mol. The summed E-state index contributed by atoms with van der Waals surface area (Å²) >= 11 is 0. The van der Waals surface area contributed by atoms with Gasteiger partial charge in [-0.05, 0) is 46.5 Å². The van der Waals surface area contributed by atoms with Crippen molar-refractivity contribution < 1.29 is 14.9 Å². The van der Waals surface area contributed by atoms with Crippen molar-refractivity contribution in [2.75, 3.05) is 6.54 Å². The van der Waals surface area contributed by atoms with Crippen molar-refractivity contribution >= 4 is 29.9 Å². The standard InChI is InChI=1S/C25H42N8O2/c1-15(34)29-18-12-16(32-25(5,6)7)8-9-19(18)33-11-10-17(22(33)35)30-23-28-14-27-21(31-23)13-20(26)24(2,3)4/h13-14,16-19,32H,8-12,26H2,1-7H3,(H,29,34)(H,27,28,30,31)/p+1. The van der Waals surface area contributed by atoms with E-state index in [1.165, 1.54) is 13.3 Å². The summed E-state index contributed by atoms with van der Waals surface area (Å²) in [6.45, 7) is 14.7. The SMILES string of the molecule is CC(=O)NC1CC(NC(C)(C)C)CCC1N1CCC(N=C2N=CN=C(C=C(N)C(C)(C)C)[NH2+]2)C1=O. The Bertz CT molecular complexity index is 938. The molecule has 1 saturated heterocycles. The second-order valence-electron chi connectivity index (χ2n) is 11.9. The number of nitrogens with one attached hydrogen (secondary N) is 2. The molecular weight excluding hydrogens is 444 g/mol. The lowest BCUT2D eigenvalue weighted by molar-refractivity contribution is -0.409. The minimum atomic E-state index is -0.481. The van der Waals surface area contributed by atoms with Gasteiger partial charge in [0, 0.05) is 42.2 Å². The van der Waals surface area contributed by atoms with E-state index in [-0.39, 0.29) is 34.9 Å². The maximum Gasteiger partial charge on any atom is 0.329 e. The van der Waals surface area contributed by atoms with Gasteiger partial charge in [0.25, 0.3) is 0 Å². The van der Waals surface area contributed by atoms with E-state index in [1.54, 1.807) is 5.32 Å². The molecule has 0 spiro atoms. The molecule has 6 N–H and O–H groups in total. The summed E-state index contributed by atoms with van der Waals surface area (Å²) in [4.78, 5) is 40.4. The van der Waals surface area contributed by atoms with Gasteiger partial charge in [-0.2, -0.15) is 9.98 Å². The maximum absolute atomic E-state index is 13.4. The molecule has 1 aliphatic carbocycles. The van der Waals surface area contributed by atoms with Crippen LogP contribution in [0, 0.1) is 5.41 Å². The highest BCUT2D eigenvalue weighted by Crippen LogP contribution is 2.29. The lowest BCUT2D eigenvalue weighted by Gasteiger charge is -2.43. The normalized spacial score (nSPS) is 29.5. The van der Waals surface area contributed by atoms with Crippen LogP contribution in [0.4, 0.5) is 0 Å². The summed E-state index contributed by atoms with van der Waals surface area (Å²) in [6.07, 6.45) is 6.50. The lowest BCUT2D eigenvalue weighted by atomic mass is 9.84. The van der Waals surface area contributed by atoms with Crippen LogP contribution in [0.25, 0.3) is 0 Å². The first-order valence-corrected chi connectivity index (χ1v) is 12.6. The Labute approximate surface area is 209 Å². The van der Waals surface area contributed by atoms with Crippen LogP contribution in [0.3, 0.4) is 0 Å². The van der Waals surface area contributed by atoms with Gasteiger partial charge in [-0.25, -0.2) is 10.3 Å². The molecule has 2 amide bonds. The van der Waals surface area contributed by atoms with E-state index in [1.807, 2.05) is 31.7 Å². The number of nitrogens with zero attached hydrogens (tertiary/aromatic N) is 4. The van der Waals surface area contributed by atoms with Gasteiger partial charge >= 0.3 is 5.96 Å². The number of hydrogen-bond acceptors (Lipinski definition) is 6. The summed E-state index contributed by atoms with van der Waals surface area (Å²) in [5, 5.41) is 8.52. The molecule has 10 heteroatoms. The van der Waals surface area contributed by atoms with Crippen molar-refractivity contribution in [1.82, 2.24) is 15.5 Å². The van der Waals surface area contributed by atoms with E-state index >= 15 is 0 Å². The molecule has 0 bridgehead atoms. The van der Waals surface area contributed by atoms with E-state index in [0.717, 1.165) is 19.3 Å². The molecule has 4 unspecified atom stereocenters. The van der Waals surface area contributed by atoms with E-state index < -0.39 is 6.04 Å². The largest absolute Gasteiger partial charge is 0.401 e. The lowest BCUT2D eigenvalue weighted by Crippen LogP contribution is -2.91. The topological polar surface area (TPSA) is 141 Å². The molecule has 10 nitrogen and oxygen atoms in total. The van der Waals surface area contributed by atoms with Crippen LogP contribution in [0.2, 0.25) is 0 Å². The highest BCUT2D eigenvalue weighted by molar-refractivity contribution is 6.01. The highest BCUT2D eigenvalue weighted by atomic mass is 16.2. The Morgan fingerprint density at radius 3 is 2.57 bits per heavy atom. The van der Waals surface area contributed by atoms with Gasteiger partial charge in [0.1, 0.15) is 12.4 Å². The number of amides is 2. The zero-order chi connectivity index (χ0) is 26.0. The summed E-state index contributed by atoms with van der Waals surface area (Å²) in [5.74, 6) is 1.08. The average molecular weight is 488 g/mol. The third-order valence-corrected chi connectivity index (χ3v) is 6.58. The molecule has 0 radical (unpaired) electrons. The summed E-state index contributed by atoms with van der Waals surface area (Å²) in [7, 11) is 0. The van der Waals surface area contributed by atoms with Gasteiger partial charge in [0.2, 0.25) is 17.6 Å². The van der Waals surface area contributed by atoms with E-state index in [2.05, 4.69) is 46.4 Å². The van der Waals surface area contributed by atoms with E-state index in [9.17, 15) is 9.59 Å². The molecule has 3 aliphatic rings. The predicted molar refractivity (Wildman–Crippen MR) is 139 cm³/mol. The van der Waals surface area contributed by atoms with Crippen molar-refractivity contribution in [3.63, 3.8) is 0 Å². The minimum Gasteiger partial charge on any atom is -0.401 e. The number of rotatable bonds is 5. The molecule has 4 atom stereocenters. The Morgan fingerprint density at radius 1 is 1.23 bits per heavy atom. The molecule has 0 aromatic carbocycles. The Morgan fingerprint density at radius 2 is 1.94 bits per heavy atom. The number of aliphatic imine (C=N–C) groups is 3. The third kappa shape index (κ3) is 7.44. The summed E-state index contributed by atoms with van der Waals surface area (Å²) in [5.41, 5.74) is 6.72. The van der Waals surface area contributed by atoms with Gasteiger partial charge in [-0.1, -0.05) is 20.8 Å². The number of carbonyl (C=O) groups excluding carboxylic acids is 2. The van der Waals surface area contributed by atoms with Crippen molar-refractivity contribution in [2.24, 2.45) is 26.1 Å². The van der Waals surface area contributed by atoms with Gasteiger partial charge in [-0.3, -0.25) is 9.59 Å². The van der Waals surface area contributed by atoms with Crippen molar-refractivity contribution in [1.29, 1.82) is 0 Å². The second-order valence-corrected chi connectivity index (χ2v) is 11.9. The number of amidine groups is 1. The fourth-order valence-electron chi connectivity index (χ4n) is 4.87. The van der Waals surface area contributed by atoms with Gasteiger partial charge in [-0.15, -0.1) is 0 Å². The number of allylic oxidation sites excluding steroid dienone is 1. The molecule has 0 aromatic heterocycles. The van der Waals surface area contributed by atoms with Crippen LogP contribution in [0.1, 0.15) is 74.1 Å². The van der Waals surface area contributed by atoms with Crippen molar-refractivity contribution in [3.8, 4) is 0 Å².